The zero-order chi connectivity index (χ0) is 18.0. The average molecular weight is 399 g/mol. The normalized spacial score (nSPS) is 25.7. The van der Waals surface area contributed by atoms with Crippen molar-refractivity contribution in [3.8, 4) is 11.5 Å². The number of nitrogens with one attached hydrogen (secondary N) is 1. The summed E-state index contributed by atoms with van der Waals surface area (Å²) in [5.41, 5.74) is 6.62. The standard InChI is InChI=1S/C19H26N2O5.ClH/c20-10-14-2-4-16(26-14)18(22)21-11-19(5-7-23-8-6-19)13-1-3-15-17(9-13)25-12-24-15;/h1,3,9,14,16H,2,4-8,10-12,20H2,(H,21,22);1H/t14-,16+;/m1./s1. The lowest BCUT2D eigenvalue weighted by molar-refractivity contribution is -0.132. The Balaban J connectivity index is 0.00000210. The molecule has 4 rings (SSSR count). The van der Waals surface area contributed by atoms with E-state index in [-0.39, 0.29) is 36.6 Å². The topological polar surface area (TPSA) is 92.0 Å². The summed E-state index contributed by atoms with van der Waals surface area (Å²) in [4.78, 5) is 12.6. The highest BCUT2D eigenvalue weighted by atomic mass is 35.5. The molecule has 0 saturated carbocycles. The molecule has 0 aliphatic carbocycles. The third-order valence-corrected chi connectivity index (χ3v) is 5.70. The number of nitrogens with two attached hydrogens (primary N) is 1. The zero-order valence-corrected chi connectivity index (χ0v) is 16.1. The molecule has 1 amide bonds. The van der Waals surface area contributed by atoms with Crippen LogP contribution in [0.2, 0.25) is 0 Å². The Hall–Kier alpha value is -1.54. The fraction of sp³-hybridized carbons (Fsp3) is 0.632. The van der Waals surface area contributed by atoms with E-state index in [2.05, 4.69) is 11.4 Å². The molecule has 2 saturated heterocycles. The molecule has 1 aromatic carbocycles. The molecule has 0 spiro atoms. The predicted octanol–water partition coefficient (Wildman–Crippen LogP) is 1.51. The molecule has 8 heteroatoms. The molecule has 150 valence electrons. The molecule has 3 heterocycles. The number of rotatable bonds is 5. The predicted molar refractivity (Wildman–Crippen MR) is 102 cm³/mol. The van der Waals surface area contributed by atoms with Gasteiger partial charge in [-0.3, -0.25) is 4.79 Å². The molecule has 3 N–H and O–H groups in total. The van der Waals surface area contributed by atoms with Crippen LogP contribution in [0.3, 0.4) is 0 Å². The minimum absolute atomic E-state index is 0. The van der Waals surface area contributed by atoms with Crippen molar-refractivity contribution in [1.29, 1.82) is 0 Å². The first-order valence-electron chi connectivity index (χ1n) is 9.31. The van der Waals surface area contributed by atoms with Gasteiger partial charge in [-0.2, -0.15) is 0 Å². The van der Waals surface area contributed by atoms with Crippen molar-refractivity contribution in [3.63, 3.8) is 0 Å². The maximum atomic E-state index is 12.6. The van der Waals surface area contributed by atoms with Crippen LogP contribution in [0.1, 0.15) is 31.2 Å². The molecule has 1 aromatic rings. The van der Waals surface area contributed by atoms with Crippen LogP contribution in [0, 0.1) is 0 Å². The van der Waals surface area contributed by atoms with Crippen LogP contribution in [0.25, 0.3) is 0 Å². The molecule has 2 atom stereocenters. The van der Waals surface area contributed by atoms with Crippen LogP contribution in [0.15, 0.2) is 18.2 Å². The minimum Gasteiger partial charge on any atom is -0.454 e. The average Bonchev–Trinajstić information content (AvgIpc) is 3.35. The molecular formula is C19H27ClN2O5. The van der Waals surface area contributed by atoms with Gasteiger partial charge in [0.2, 0.25) is 12.7 Å². The van der Waals surface area contributed by atoms with Crippen LogP contribution in [-0.2, 0) is 19.7 Å². The van der Waals surface area contributed by atoms with Gasteiger partial charge in [-0.15, -0.1) is 12.4 Å². The van der Waals surface area contributed by atoms with Crippen molar-refractivity contribution in [3.05, 3.63) is 23.8 Å². The molecule has 0 radical (unpaired) electrons. The molecular weight excluding hydrogens is 372 g/mol. The Kier molecular flexibility index (Phi) is 6.47. The maximum Gasteiger partial charge on any atom is 0.249 e. The Morgan fingerprint density at radius 3 is 2.70 bits per heavy atom. The van der Waals surface area contributed by atoms with E-state index in [0.717, 1.165) is 42.7 Å². The summed E-state index contributed by atoms with van der Waals surface area (Å²) in [6.07, 6.45) is 2.88. The fourth-order valence-electron chi connectivity index (χ4n) is 4.00. The third kappa shape index (κ3) is 4.16. The number of benzene rings is 1. The summed E-state index contributed by atoms with van der Waals surface area (Å²) in [6, 6.07) is 6.06. The number of hydrogen-bond acceptors (Lipinski definition) is 6. The molecule has 0 unspecified atom stereocenters. The van der Waals surface area contributed by atoms with E-state index in [1.165, 1.54) is 0 Å². The molecule has 0 aromatic heterocycles. The minimum atomic E-state index is -0.391. The number of halogens is 1. The highest BCUT2D eigenvalue weighted by Gasteiger charge is 2.37. The highest BCUT2D eigenvalue weighted by molar-refractivity contribution is 5.85. The molecule has 7 nitrogen and oxygen atoms in total. The van der Waals surface area contributed by atoms with E-state index in [9.17, 15) is 4.79 Å². The quantitative estimate of drug-likeness (QED) is 0.781. The van der Waals surface area contributed by atoms with Crippen LogP contribution in [0.5, 0.6) is 11.5 Å². The first-order valence-corrected chi connectivity index (χ1v) is 9.31. The van der Waals surface area contributed by atoms with Gasteiger partial charge in [-0.1, -0.05) is 6.07 Å². The lowest BCUT2D eigenvalue weighted by Crippen LogP contribution is -2.47. The van der Waals surface area contributed by atoms with E-state index in [1.807, 2.05) is 12.1 Å². The summed E-state index contributed by atoms with van der Waals surface area (Å²) in [6.45, 7) is 2.64. The van der Waals surface area contributed by atoms with Crippen LogP contribution in [-0.4, -0.2) is 51.2 Å². The summed E-state index contributed by atoms with van der Waals surface area (Å²) < 4.78 is 22.2. The number of carbonyl (C=O) groups is 1. The summed E-state index contributed by atoms with van der Waals surface area (Å²) in [7, 11) is 0. The number of ether oxygens (including phenoxy) is 4. The maximum absolute atomic E-state index is 12.6. The SMILES string of the molecule is Cl.NC[C@H]1CC[C@@H](C(=O)NCC2(c3ccc4c(c3)OCO4)CCOCC2)O1. The molecule has 2 fully saturated rings. The van der Waals surface area contributed by atoms with Crippen molar-refractivity contribution in [2.75, 3.05) is 33.1 Å². The third-order valence-electron chi connectivity index (χ3n) is 5.70. The zero-order valence-electron chi connectivity index (χ0n) is 15.3. The number of hydrogen-bond donors (Lipinski definition) is 2. The van der Waals surface area contributed by atoms with Crippen LogP contribution in [0.4, 0.5) is 0 Å². The highest BCUT2D eigenvalue weighted by Crippen LogP contribution is 2.40. The number of amides is 1. The van der Waals surface area contributed by atoms with Crippen molar-refractivity contribution in [1.82, 2.24) is 5.32 Å². The van der Waals surface area contributed by atoms with Gasteiger partial charge in [0.05, 0.1) is 6.10 Å². The summed E-state index contributed by atoms with van der Waals surface area (Å²) >= 11 is 0. The van der Waals surface area contributed by atoms with Crippen molar-refractivity contribution in [2.45, 2.75) is 43.3 Å². The Labute approximate surface area is 165 Å². The first kappa shape index (κ1) is 20.2. The van der Waals surface area contributed by atoms with Crippen molar-refractivity contribution in [2.24, 2.45) is 5.73 Å². The molecule has 3 aliphatic heterocycles. The fourth-order valence-corrected chi connectivity index (χ4v) is 4.00. The van der Waals surface area contributed by atoms with Gasteiger partial charge in [0, 0.05) is 31.7 Å². The molecule has 0 bridgehead atoms. The van der Waals surface area contributed by atoms with Gasteiger partial charge < -0.3 is 30.0 Å². The Morgan fingerprint density at radius 2 is 1.96 bits per heavy atom. The van der Waals surface area contributed by atoms with Gasteiger partial charge in [0.1, 0.15) is 6.10 Å². The van der Waals surface area contributed by atoms with E-state index in [1.54, 1.807) is 0 Å². The van der Waals surface area contributed by atoms with Gasteiger partial charge in [-0.25, -0.2) is 0 Å². The first-order chi connectivity index (χ1) is 12.7. The smallest absolute Gasteiger partial charge is 0.249 e. The Bertz CT molecular complexity index is 666. The molecule has 27 heavy (non-hydrogen) atoms. The van der Waals surface area contributed by atoms with Gasteiger partial charge >= 0.3 is 0 Å². The van der Waals surface area contributed by atoms with Gasteiger partial charge in [-0.05, 0) is 43.4 Å². The van der Waals surface area contributed by atoms with Crippen molar-refractivity contribution < 1.29 is 23.7 Å². The lowest BCUT2D eigenvalue weighted by atomic mass is 9.74. The van der Waals surface area contributed by atoms with Crippen molar-refractivity contribution >= 4 is 18.3 Å². The molecule has 3 aliphatic rings. The van der Waals surface area contributed by atoms with Gasteiger partial charge in [0.25, 0.3) is 0 Å². The largest absolute Gasteiger partial charge is 0.454 e. The monoisotopic (exact) mass is 398 g/mol. The lowest BCUT2D eigenvalue weighted by Gasteiger charge is -2.38. The summed E-state index contributed by atoms with van der Waals surface area (Å²) in [5.74, 6) is 1.49. The van der Waals surface area contributed by atoms with Crippen LogP contribution < -0.4 is 20.5 Å². The second kappa shape index (κ2) is 8.65. The second-order valence-electron chi connectivity index (χ2n) is 7.24. The van der Waals surface area contributed by atoms with E-state index < -0.39 is 6.10 Å². The Morgan fingerprint density at radius 1 is 1.19 bits per heavy atom. The van der Waals surface area contributed by atoms with Crippen LogP contribution >= 0.6 is 12.4 Å². The number of carbonyl (C=O) groups excluding carboxylic acids is 1. The van der Waals surface area contributed by atoms with E-state index in [4.69, 9.17) is 24.7 Å². The second-order valence-corrected chi connectivity index (χ2v) is 7.24. The summed E-state index contributed by atoms with van der Waals surface area (Å²) in [5, 5.41) is 3.11. The van der Waals surface area contributed by atoms with Gasteiger partial charge in [0.15, 0.2) is 11.5 Å². The van der Waals surface area contributed by atoms with E-state index >= 15 is 0 Å². The number of fused-ring (bicyclic) bond motifs is 1. The van der Waals surface area contributed by atoms with E-state index in [0.29, 0.717) is 26.3 Å².